The second-order valence-electron chi connectivity index (χ2n) is 4.59. The molecule has 84 valence electrons. The predicted molar refractivity (Wildman–Crippen MR) is 75.6 cm³/mol. The highest BCUT2D eigenvalue weighted by Gasteiger charge is 2.04. The van der Waals surface area contributed by atoms with Gasteiger partial charge in [-0.3, -0.25) is 0 Å². The maximum atomic E-state index is 2.27. The van der Waals surface area contributed by atoms with Crippen LogP contribution in [-0.4, -0.2) is 0 Å². The van der Waals surface area contributed by atoms with Crippen molar-refractivity contribution >= 4 is 21.5 Å². The fourth-order valence-electron chi connectivity index (χ4n) is 2.67. The van der Waals surface area contributed by atoms with Gasteiger partial charge in [-0.25, -0.2) is 0 Å². The van der Waals surface area contributed by atoms with Crippen LogP contribution in [0.1, 0.15) is 18.1 Å². The van der Waals surface area contributed by atoms with Crippen LogP contribution in [0.2, 0.25) is 0 Å². The molecule has 0 bridgehead atoms. The van der Waals surface area contributed by atoms with E-state index >= 15 is 0 Å². The van der Waals surface area contributed by atoms with Crippen LogP contribution in [0.4, 0.5) is 0 Å². The Morgan fingerprint density at radius 3 is 2.35 bits per heavy atom. The molecule has 0 aliphatic rings. The number of fused-ring (bicyclic) bond motifs is 3. The highest BCUT2D eigenvalue weighted by atomic mass is 14.1. The first-order chi connectivity index (χ1) is 8.31. The molecule has 0 aromatic heterocycles. The summed E-state index contributed by atoms with van der Waals surface area (Å²) in [6.45, 7) is 4.45. The number of rotatable bonds is 1. The van der Waals surface area contributed by atoms with E-state index in [9.17, 15) is 0 Å². The van der Waals surface area contributed by atoms with Crippen LogP contribution in [0.3, 0.4) is 0 Å². The van der Waals surface area contributed by atoms with E-state index in [2.05, 4.69) is 62.4 Å². The van der Waals surface area contributed by atoms with Crippen LogP contribution in [0, 0.1) is 6.92 Å². The molecule has 3 aromatic rings. The van der Waals surface area contributed by atoms with Gasteiger partial charge in [-0.05, 0) is 46.0 Å². The normalized spacial score (nSPS) is 11.2. The van der Waals surface area contributed by atoms with Gasteiger partial charge < -0.3 is 0 Å². The molecule has 0 radical (unpaired) electrons. The SMILES string of the molecule is CCc1ccc2c(ccc3ccccc32)c1C. The van der Waals surface area contributed by atoms with Crippen molar-refractivity contribution < 1.29 is 0 Å². The van der Waals surface area contributed by atoms with E-state index in [-0.39, 0.29) is 0 Å². The molecule has 0 nitrogen and oxygen atoms in total. The van der Waals surface area contributed by atoms with Crippen molar-refractivity contribution in [1.82, 2.24) is 0 Å². The summed E-state index contributed by atoms with van der Waals surface area (Å²) in [5.41, 5.74) is 2.88. The molecule has 17 heavy (non-hydrogen) atoms. The van der Waals surface area contributed by atoms with Gasteiger partial charge in [0.05, 0.1) is 0 Å². The van der Waals surface area contributed by atoms with Crippen LogP contribution >= 0.6 is 0 Å². The molecule has 0 spiro atoms. The molecular formula is C17H16. The van der Waals surface area contributed by atoms with Gasteiger partial charge in [-0.15, -0.1) is 0 Å². The zero-order valence-corrected chi connectivity index (χ0v) is 10.3. The lowest BCUT2D eigenvalue weighted by Gasteiger charge is -2.10. The first-order valence-electron chi connectivity index (χ1n) is 6.21. The number of hydrogen-bond acceptors (Lipinski definition) is 0. The van der Waals surface area contributed by atoms with Crippen molar-refractivity contribution in [2.24, 2.45) is 0 Å². The molecule has 0 amide bonds. The summed E-state index contributed by atoms with van der Waals surface area (Å²) in [6.07, 6.45) is 1.11. The molecule has 0 saturated heterocycles. The Morgan fingerprint density at radius 1 is 0.765 bits per heavy atom. The van der Waals surface area contributed by atoms with Crippen molar-refractivity contribution in [2.75, 3.05) is 0 Å². The molecule has 0 N–H and O–H groups in total. The molecule has 0 heteroatoms. The van der Waals surface area contributed by atoms with Gasteiger partial charge in [0.2, 0.25) is 0 Å². The molecular weight excluding hydrogens is 204 g/mol. The van der Waals surface area contributed by atoms with E-state index in [4.69, 9.17) is 0 Å². The third-order valence-electron chi connectivity index (χ3n) is 3.69. The summed E-state index contributed by atoms with van der Waals surface area (Å²) in [5, 5.41) is 5.44. The quantitative estimate of drug-likeness (QED) is 0.513. The van der Waals surface area contributed by atoms with E-state index in [1.54, 1.807) is 0 Å². The van der Waals surface area contributed by atoms with Crippen LogP contribution in [0.15, 0.2) is 48.5 Å². The zero-order chi connectivity index (χ0) is 11.8. The Labute approximate surface area is 102 Å². The summed E-state index contributed by atoms with van der Waals surface area (Å²) in [5.74, 6) is 0. The monoisotopic (exact) mass is 220 g/mol. The first kappa shape index (κ1) is 10.3. The Hall–Kier alpha value is -1.82. The number of hydrogen-bond donors (Lipinski definition) is 0. The lowest BCUT2D eigenvalue weighted by Crippen LogP contribution is -1.88. The van der Waals surface area contributed by atoms with E-state index in [1.807, 2.05) is 0 Å². The van der Waals surface area contributed by atoms with E-state index in [0.717, 1.165) is 6.42 Å². The summed E-state index contributed by atoms with van der Waals surface area (Å²) >= 11 is 0. The van der Waals surface area contributed by atoms with Crippen LogP contribution in [0.25, 0.3) is 21.5 Å². The van der Waals surface area contributed by atoms with E-state index in [0.29, 0.717) is 0 Å². The highest BCUT2D eigenvalue weighted by molar-refractivity contribution is 6.08. The van der Waals surface area contributed by atoms with Crippen molar-refractivity contribution in [3.63, 3.8) is 0 Å². The van der Waals surface area contributed by atoms with Gasteiger partial charge >= 0.3 is 0 Å². The lowest BCUT2D eigenvalue weighted by molar-refractivity contribution is 1.12. The average molecular weight is 220 g/mol. The smallest absolute Gasteiger partial charge is 0.0103 e. The number of aryl methyl sites for hydroxylation is 2. The Bertz CT molecular complexity index is 693. The highest BCUT2D eigenvalue weighted by Crippen LogP contribution is 2.29. The molecule has 0 atom stereocenters. The van der Waals surface area contributed by atoms with Gasteiger partial charge in [0, 0.05) is 0 Å². The van der Waals surface area contributed by atoms with Crippen molar-refractivity contribution in [3.8, 4) is 0 Å². The maximum absolute atomic E-state index is 2.27. The largest absolute Gasteiger partial charge is 0.0616 e. The van der Waals surface area contributed by atoms with Crippen LogP contribution < -0.4 is 0 Å². The molecule has 0 aliphatic heterocycles. The van der Waals surface area contributed by atoms with Gasteiger partial charge in [0.1, 0.15) is 0 Å². The second-order valence-corrected chi connectivity index (χ2v) is 4.59. The fraction of sp³-hybridized carbons (Fsp3) is 0.176. The van der Waals surface area contributed by atoms with E-state index < -0.39 is 0 Å². The van der Waals surface area contributed by atoms with Gasteiger partial charge in [-0.1, -0.05) is 55.5 Å². The van der Waals surface area contributed by atoms with Crippen LogP contribution in [0.5, 0.6) is 0 Å². The minimum Gasteiger partial charge on any atom is -0.0616 e. The van der Waals surface area contributed by atoms with Gasteiger partial charge in [-0.2, -0.15) is 0 Å². The summed E-state index contributed by atoms with van der Waals surface area (Å²) in [6, 6.07) is 17.6. The zero-order valence-electron chi connectivity index (χ0n) is 10.3. The molecule has 0 aliphatic carbocycles. The molecule has 0 saturated carbocycles. The third kappa shape index (κ3) is 1.52. The summed E-state index contributed by atoms with van der Waals surface area (Å²) in [4.78, 5) is 0. The van der Waals surface area contributed by atoms with E-state index in [1.165, 1.54) is 32.7 Å². The minimum absolute atomic E-state index is 1.11. The molecule has 3 rings (SSSR count). The fourth-order valence-corrected chi connectivity index (χ4v) is 2.67. The van der Waals surface area contributed by atoms with Crippen molar-refractivity contribution in [2.45, 2.75) is 20.3 Å². The molecule has 0 fully saturated rings. The standard InChI is InChI=1S/C17H16/c1-3-13-8-11-17-15(12(13)2)10-9-14-6-4-5-7-16(14)17/h4-11H,3H2,1-2H3. The molecule has 0 unspecified atom stereocenters. The van der Waals surface area contributed by atoms with Crippen LogP contribution in [-0.2, 0) is 6.42 Å². The van der Waals surface area contributed by atoms with Crippen molar-refractivity contribution in [3.05, 3.63) is 59.7 Å². The Morgan fingerprint density at radius 2 is 1.53 bits per heavy atom. The summed E-state index contributed by atoms with van der Waals surface area (Å²) in [7, 11) is 0. The third-order valence-corrected chi connectivity index (χ3v) is 3.69. The van der Waals surface area contributed by atoms with Gasteiger partial charge in [0.15, 0.2) is 0 Å². The minimum atomic E-state index is 1.11. The summed E-state index contributed by atoms with van der Waals surface area (Å²) < 4.78 is 0. The number of benzene rings is 3. The lowest BCUT2D eigenvalue weighted by atomic mass is 9.95. The maximum Gasteiger partial charge on any atom is -0.0103 e. The average Bonchev–Trinajstić information content (AvgIpc) is 2.39. The first-order valence-corrected chi connectivity index (χ1v) is 6.21. The van der Waals surface area contributed by atoms with Gasteiger partial charge in [0.25, 0.3) is 0 Å². The topological polar surface area (TPSA) is 0 Å². The second kappa shape index (κ2) is 3.89. The Kier molecular flexibility index (Phi) is 2.36. The van der Waals surface area contributed by atoms with Crippen molar-refractivity contribution in [1.29, 1.82) is 0 Å². The molecule has 3 aromatic carbocycles. The Balaban J connectivity index is 2.49. The molecule has 0 heterocycles. The predicted octanol–water partition coefficient (Wildman–Crippen LogP) is 4.86.